The van der Waals surface area contributed by atoms with Crippen molar-refractivity contribution in [3.8, 4) is 0 Å². The number of piperidine rings is 1. The number of nitrogens with two attached hydrogens (primary N) is 1. The lowest BCUT2D eigenvalue weighted by Crippen LogP contribution is -2.86. The summed E-state index contributed by atoms with van der Waals surface area (Å²) >= 11 is 1.96. The highest BCUT2D eigenvalue weighted by Crippen LogP contribution is 2.24. The van der Waals surface area contributed by atoms with Gasteiger partial charge in [0.25, 0.3) is 0 Å². The summed E-state index contributed by atoms with van der Waals surface area (Å²) in [6.45, 7) is 3.51. The molecule has 2 heteroatoms. The van der Waals surface area contributed by atoms with E-state index in [0.29, 0.717) is 0 Å². The fourth-order valence-electron chi connectivity index (χ4n) is 1.86. The summed E-state index contributed by atoms with van der Waals surface area (Å²) in [5.41, 5.74) is 0. The van der Waals surface area contributed by atoms with E-state index in [-0.39, 0.29) is 0 Å². The zero-order valence-corrected chi connectivity index (χ0v) is 8.36. The van der Waals surface area contributed by atoms with Crippen LogP contribution in [0.2, 0.25) is 0 Å². The van der Waals surface area contributed by atoms with E-state index in [9.17, 15) is 0 Å². The summed E-state index contributed by atoms with van der Waals surface area (Å²) in [5, 5.41) is 2.49. The van der Waals surface area contributed by atoms with Crippen molar-refractivity contribution in [2.24, 2.45) is 0 Å². The van der Waals surface area contributed by atoms with Gasteiger partial charge in [0.1, 0.15) is 6.04 Å². The average Bonchev–Trinajstić information content (AvgIpc) is 2.54. The molecule has 0 radical (unpaired) electrons. The second-order valence-corrected chi connectivity index (χ2v) is 4.89. The number of rotatable bonds is 1. The van der Waals surface area contributed by atoms with Crippen LogP contribution in [0.5, 0.6) is 0 Å². The topological polar surface area (TPSA) is 16.6 Å². The van der Waals surface area contributed by atoms with Crippen LogP contribution in [0, 0.1) is 6.92 Å². The largest absolute Gasteiger partial charge is 0.339 e. The van der Waals surface area contributed by atoms with Gasteiger partial charge in [0.05, 0.1) is 11.4 Å². The third-order valence-electron chi connectivity index (χ3n) is 2.55. The molecule has 0 aromatic carbocycles. The van der Waals surface area contributed by atoms with Gasteiger partial charge in [0, 0.05) is 11.3 Å². The molecule has 0 aliphatic carbocycles. The van der Waals surface area contributed by atoms with Crippen LogP contribution in [0.25, 0.3) is 0 Å². The van der Waals surface area contributed by atoms with Crippen LogP contribution >= 0.6 is 11.3 Å². The molecule has 2 N–H and O–H groups in total. The molecule has 2 rings (SSSR count). The zero-order chi connectivity index (χ0) is 8.39. The maximum atomic E-state index is 2.49. The highest BCUT2D eigenvalue weighted by Gasteiger charge is 2.19. The van der Waals surface area contributed by atoms with Crippen molar-refractivity contribution in [3.05, 3.63) is 21.9 Å². The third-order valence-corrected chi connectivity index (χ3v) is 3.68. The first kappa shape index (κ1) is 8.27. The minimum Gasteiger partial charge on any atom is -0.339 e. The van der Waals surface area contributed by atoms with E-state index in [0.717, 1.165) is 6.04 Å². The maximum absolute atomic E-state index is 2.49. The monoisotopic (exact) mass is 182 g/mol. The summed E-state index contributed by atoms with van der Waals surface area (Å²) in [6.07, 6.45) is 4.19. The Balaban J connectivity index is 2.08. The van der Waals surface area contributed by atoms with Crippen molar-refractivity contribution < 1.29 is 5.32 Å². The SMILES string of the molecule is Cc1ccc([C@H]2CCCC[NH2+]2)s1. The standard InChI is InChI=1S/C10H15NS/c1-8-5-6-10(12-8)9-4-2-3-7-11-9/h5-6,9,11H,2-4,7H2,1H3/p+1/t9-/m1/s1. The summed E-state index contributed by atoms with van der Waals surface area (Å²) in [4.78, 5) is 3.02. The lowest BCUT2D eigenvalue weighted by Gasteiger charge is -2.18. The fraction of sp³-hybridized carbons (Fsp3) is 0.600. The molecule has 0 saturated carbocycles. The normalized spacial score (nSPS) is 24.2. The van der Waals surface area contributed by atoms with Gasteiger partial charge in [-0.25, -0.2) is 0 Å². The van der Waals surface area contributed by atoms with Crippen molar-refractivity contribution in [1.29, 1.82) is 0 Å². The van der Waals surface area contributed by atoms with Gasteiger partial charge in [0.15, 0.2) is 0 Å². The Hall–Kier alpha value is -0.340. The van der Waals surface area contributed by atoms with Gasteiger partial charge < -0.3 is 5.32 Å². The zero-order valence-electron chi connectivity index (χ0n) is 7.55. The van der Waals surface area contributed by atoms with Crippen LogP contribution in [0.15, 0.2) is 12.1 Å². The Kier molecular flexibility index (Phi) is 2.47. The van der Waals surface area contributed by atoms with Crippen LogP contribution in [0.3, 0.4) is 0 Å². The molecule has 1 aliphatic heterocycles. The highest BCUT2D eigenvalue weighted by atomic mass is 32.1. The van der Waals surface area contributed by atoms with E-state index in [1.165, 1.54) is 30.7 Å². The fourth-order valence-corrected chi connectivity index (χ4v) is 2.87. The Labute approximate surface area is 77.8 Å². The first-order valence-electron chi connectivity index (χ1n) is 4.76. The Bertz CT molecular complexity index is 248. The molecule has 1 nitrogen and oxygen atoms in total. The minimum atomic E-state index is 0.775. The van der Waals surface area contributed by atoms with Gasteiger partial charge in [-0.2, -0.15) is 0 Å². The van der Waals surface area contributed by atoms with Crippen molar-refractivity contribution in [2.75, 3.05) is 6.54 Å². The second-order valence-electron chi connectivity index (χ2n) is 3.58. The van der Waals surface area contributed by atoms with E-state index in [1.54, 1.807) is 4.88 Å². The van der Waals surface area contributed by atoms with Crippen molar-refractivity contribution in [2.45, 2.75) is 32.2 Å². The van der Waals surface area contributed by atoms with Crippen LogP contribution in [0.4, 0.5) is 0 Å². The Morgan fingerprint density at radius 3 is 2.92 bits per heavy atom. The highest BCUT2D eigenvalue weighted by molar-refractivity contribution is 7.11. The lowest BCUT2D eigenvalue weighted by atomic mass is 10.0. The number of hydrogen-bond acceptors (Lipinski definition) is 1. The first-order chi connectivity index (χ1) is 5.86. The summed E-state index contributed by atoms with van der Waals surface area (Å²) in [7, 11) is 0. The van der Waals surface area contributed by atoms with Crippen LogP contribution in [0.1, 0.15) is 35.1 Å². The van der Waals surface area contributed by atoms with Gasteiger partial charge in [-0.1, -0.05) is 0 Å². The van der Waals surface area contributed by atoms with Gasteiger partial charge >= 0.3 is 0 Å². The first-order valence-corrected chi connectivity index (χ1v) is 5.57. The smallest absolute Gasteiger partial charge is 0.121 e. The molecule has 1 saturated heterocycles. The van der Waals surface area contributed by atoms with E-state index in [4.69, 9.17) is 0 Å². The van der Waals surface area contributed by atoms with Crippen LogP contribution < -0.4 is 5.32 Å². The van der Waals surface area contributed by atoms with Gasteiger partial charge in [-0.3, -0.25) is 0 Å². The molecular weight excluding hydrogens is 166 g/mol. The van der Waals surface area contributed by atoms with Gasteiger partial charge in [-0.05, 0) is 31.9 Å². The van der Waals surface area contributed by atoms with E-state index >= 15 is 0 Å². The molecule has 2 heterocycles. The number of aryl methyl sites for hydroxylation is 1. The number of thiophene rings is 1. The average molecular weight is 182 g/mol. The molecule has 12 heavy (non-hydrogen) atoms. The molecule has 1 aromatic heterocycles. The molecule has 1 atom stereocenters. The number of hydrogen-bond donors (Lipinski definition) is 1. The molecule has 0 amide bonds. The molecule has 1 fully saturated rings. The quantitative estimate of drug-likeness (QED) is 0.682. The minimum absolute atomic E-state index is 0.775. The molecular formula is C10H16NS+. The van der Waals surface area contributed by atoms with E-state index in [2.05, 4.69) is 24.4 Å². The third kappa shape index (κ3) is 1.70. The molecule has 0 unspecified atom stereocenters. The molecule has 0 bridgehead atoms. The summed E-state index contributed by atoms with van der Waals surface area (Å²) in [6, 6.07) is 5.31. The molecule has 1 aromatic rings. The van der Waals surface area contributed by atoms with E-state index < -0.39 is 0 Å². The van der Waals surface area contributed by atoms with Gasteiger partial charge in [0.2, 0.25) is 0 Å². The van der Waals surface area contributed by atoms with Gasteiger partial charge in [-0.15, -0.1) is 11.3 Å². The van der Waals surface area contributed by atoms with Crippen molar-refractivity contribution in [3.63, 3.8) is 0 Å². The summed E-state index contributed by atoms with van der Waals surface area (Å²) < 4.78 is 0. The van der Waals surface area contributed by atoms with Crippen molar-refractivity contribution in [1.82, 2.24) is 0 Å². The molecule has 1 aliphatic rings. The molecule has 0 spiro atoms. The predicted molar refractivity (Wildman–Crippen MR) is 52.4 cm³/mol. The van der Waals surface area contributed by atoms with Crippen LogP contribution in [-0.4, -0.2) is 6.54 Å². The predicted octanol–water partition coefficient (Wildman–Crippen LogP) is 1.84. The van der Waals surface area contributed by atoms with Crippen LogP contribution in [-0.2, 0) is 0 Å². The second kappa shape index (κ2) is 3.58. The summed E-state index contributed by atoms with van der Waals surface area (Å²) in [5.74, 6) is 0. The Morgan fingerprint density at radius 1 is 1.42 bits per heavy atom. The number of quaternary nitrogens is 1. The Morgan fingerprint density at radius 2 is 2.33 bits per heavy atom. The maximum Gasteiger partial charge on any atom is 0.121 e. The van der Waals surface area contributed by atoms with Crippen molar-refractivity contribution >= 4 is 11.3 Å². The lowest BCUT2D eigenvalue weighted by molar-refractivity contribution is -0.703. The molecule has 66 valence electrons. The van der Waals surface area contributed by atoms with E-state index in [1.807, 2.05) is 11.3 Å².